The topological polar surface area (TPSA) is 68.1 Å². The number of aromatic nitrogens is 1. The fourth-order valence-corrected chi connectivity index (χ4v) is 1.93. The first-order chi connectivity index (χ1) is 8.15. The molecule has 0 fully saturated rings. The SMILES string of the molecule is CSCCCCNc1ccc([N+](=O)[O-])c(C)n1. The third-order valence-electron chi connectivity index (χ3n) is 2.34. The average Bonchev–Trinajstić information content (AvgIpc) is 2.28. The van der Waals surface area contributed by atoms with Crippen molar-refractivity contribution in [3.8, 4) is 0 Å². The highest BCUT2D eigenvalue weighted by molar-refractivity contribution is 7.98. The third kappa shape index (κ3) is 4.60. The molecule has 0 atom stereocenters. The molecule has 0 amide bonds. The molecule has 1 N–H and O–H groups in total. The molecule has 0 aliphatic carbocycles. The number of unbranched alkanes of at least 4 members (excludes halogenated alkanes) is 1. The molecule has 94 valence electrons. The molecule has 1 rings (SSSR count). The second kappa shape index (κ2) is 7.11. The number of nitrogens with zero attached hydrogens (tertiary/aromatic N) is 2. The number of nitro groups is 1. The number of pyridine rings is 1. The lowest BCUT2D eigenvalue weighted by atomic mass is 10.3. The van der Waals surface area contributed by atoms with E-state index in [4.69, 9.17) is 0 Å². The standard InChI is InChI=1S/C11H17N3O2S/c1-9-10(14(15)16)5-6-11(13-9)12-7-3-4-8-17-2/h5-6H,3-4,7-8H2,1-2H3,(H,12,13). The summed E-state index contributed by atoms with van der Waals surface area (Å²) in [5.74, 6) is 1.87. The van der Waals surface area contributed by atoms with E-state index in [9.17, 15) is 10.1 Å². The van der Waals surface area contributed by atoms with Crippen molar-refractivity contribution in [2.75, 3.05) is 23.9 Å². The Labute approximate surface area is 105 Å². The van der Waals surface area contributed by atoms with Crippen molar-refractivity contribution in [3.05, 3.63) is 27.9 Å². The van der Waals surface area contributed by atoms with Crippen LogP contribution in [0.15, 0.2) is 12.1 Å². The minimum absolute atomic E-state index is 0.0675. The van der Waals surface area contributed by atoms with Crippen LogP contribution in [-0.2, 0) is 0 Å². The van der Waals surface area contributed by atoms with Gasteiger partial charge in [0.1, 0.15) is 11.5 Å². The first-order valence-corrected chi connectivity index (χ1v) is 6.89. The van der Waals surface area contributed by atoms with Crippen LogP contribution >= 0.6 is 11.8 Å². The minimum atomic E-state index is -0.412. The fourth-order valence-electron chi connectivity index (χ4n) is 1.43. The van der Waals surface area contributed by atoms with Crippen LogP contribution in [0.4, 0.5) is 11.5 Å². The second-order valence-corrected chi connectivity index (χ2v) is 4.67. The number of aryl methyl sites for hydroxylation is 1. The van der Waals surface area contributed by atoms with Gasteiger partial charge in [0.15, 0.2) is 0 Å². The van der Waals surface area contributed by atoms with E-state index < -0.39 is 4.92 Å². The molecule has 1 aromatic rings. The smallest absolute Gasteiger partial charge is 0.290 e. The number of nitrogens with one attached hydrogen (secondary N) is 1. The Hall–Kier alpha value is -1.30. The molecule has 0 bridgehead atoms. The van der Waals surface area contributed by atoms with Crippen molar-refractivity contribution >= 4 is 23.3 Å². The molecule has 0 aliphatic rings. The molecule has 0 aromatic carbocycles. The highest BCUT2D eigenvalue weighted by atomic mass is 32.2. The summed E-state index contributed by atoms with van der Waals surface area (Å²) in [6.45, 7) is 2.50. The molecule has 6 heteroatoms. The van der Waals surface area contributed by atoms with Crippen LogP contribution in [0.25, 0.3) is 0 Å². The van der Waals surface area contributed by atoms with Gasteiger partial charge in [-0.15, -0.1) is 0 Å². The molecule has 0 saturated carbocycles. The van der Waals surface area contributed by atoms with Gasteiger partial charge in [-0.3, -0.25) is 10.1 Å². The van der Waals surface area contributed by atoms with Crippen molar-refractivity contribution in [1.29, 1.82) is 0 Å². The number of thioether (sulfide) groups is 1. The van der Waals surface area contributed by atoms with Crippen molar-refractivity contribution < 1.29 is 4.92 Å². The van der Waals surface area contributed by atoms with Crippen LogP contribution in [0.5, 0.6) is 0 Å². The largest absolute Gasteiger partial charge is 0.370 e. The summed E-state index contributed by atoms with van der Waals surface area (Å²) in [5.41, 5.74) is 0.516. The normalized spacial score (nSPS) is 10.2. The lowest BCUT2D eigenvalue weighted by Crippen LogP contribution is -2.05. The predicted molar refractivity (Wildman–Crippen MR) is 71.7 cm³/mol. The highest BCUT2D eigenvalue weighted by Gasteiger charge is 2.11. The van der Waals surface area contributed by atoms with E-state index in [0.29, 0.717) is 11.5 Å². The molecular weight excluding hydrogens is 238 g/mol. The number of hydrogen-bond donors (Lipinski definition) is 1. The van der Waals surface area contributed by atoms with Gasteiger partial charge in [-0.1, -0.05) is 0 Å². The molecule has 1 heterocycles. The minimum Gasteiger partial charge on any atom is -0.370 e. The predicted octanol–water partition coefficient (Wildman–Crippen LogP) is 2.85. The van der Waals surface area contributed by atoms with Crippen LogP contribution in [0.1, 0.15) is 18.5 Å². The molecular formula is C11H17N3O2S. The van der Waals surface area contributed by atoms with Gasteiger partial charge in [0.2, 0.25) is 0 Å². The van der Waals surface area contributed by atoms with Gasteiger partial charge in [0, 0.05) is 12.6 Å². The van der Waals surface area contributed by atoms with Gasteiger partial charge in [0.05, 0.1) is 4.92 Å². The van der Waals surface area contributed by atoms with Gasteiger partial charge in [0.25, 0.3) is 5.69 Å². The maximum atomic E-state index is 10.6. The van der Waals surface area contributed by atoms with Crippen LogP contribution in [0, 0.1) is 17.0 Å². The maximum absolute atomic E-state index is 10.6. The lowest BCUT2D eigenvalue weighted by Gasteiger charge is -2.06. The summed E-state index contributed by atoms with van der Waals surface area (Å²) >= 11 is 1.84. The molecule has 0 saturated heterocycles. The number of anilines is 1. The summed E-state index contributed by atoms with van der Waals surface area (Å²) in [7, 11) is 0. The van der Waals surface area contributed by atoms with E-state index in [1.807, 2.05) is 11.8 Å². The van der Waals surface area contributed by atoms with E-state index in [0.717, 1.165) is 18.7 Å². The van der Waals surface area contributed by atoms with Crippen LogP contribution < -0.4 is 5.32 Å². The Kier molecular flexibility index (Phi) is 5.76. The Morgan fingerprint density at radius 1 is 1.47 bits per heavy atom. The average molecular weight is 255 g/mol. The monoisotopic (exact) mass is 255 g/mol. The maximum Gasteiger partial charge on any atom is 0.290 e. The summed E-state index contributed by atoms with van der Waals surface area (Å²) in [4.78, 5) is 14.4. The lowest BCUT2D eigenvalue weighted by molar-refractivity contribution is -0.385. The van der Waals surface area contributed by atoms with Crippen LogP contribution in [0.2, 0.25) is 0 Å². The first kappa shape index (κ1) is 13.8. The zero-order valence-corrected chi connectivity index (χ0v) is 10.9. The summed E-state index contributed by atoms with van der Waals surface area (Å²) in [5, 5.41) is 13.8. The van der Waals surface area contributed by atoms with E-state index in [-0.39, 0.29) is 5.69 Å². The Bertz CT molecular complexity index is 385. The quantitative estimate of drug-likeness (QED) is 0.461. The molecule has 0 radical (unpaired) electrons. The summed E-state index contributed by atoms with van der Waals surface area (Å²) in [6, 6.07) is 3.15. The zero-order valence-electron chi connectivity index (χ0n) is 10.1. The second-order valence-electron chi connectivity index (χ2n) is 3.68. The van der Waals surface area contributed by atoms with Crippen molar-refractivity contribution in [2.24, 2.45) is 0 Å². The Morgan fingerprint density at radius 2 is 2.24 bits per heavy atom. The van der Waals surface area contributed by atoms with E-state index in [1.165, 1.54) is 12.5 Å². The Morgan fingerprint density at radius 3 is 2.82 bits per heavy atom. The third-order valence-corrected chi connectivity index (χ3v) is 3.03. The molecule has 0 unspecified atom stereocenters. The van der Waals surface area contributed by atoms with E-state index >= 15 is 0 Å². The van der Waals surface area contributed by atoms with E-state index in [1.54, 1.807) is 13.0 Å². The van der Waals surface area contributed by atoms with Crippen molar-refractivity contribution in [2.45, 2.75) is 19.8 Å². The first-order valence-electron chi connectivity index (χ1n) is 5.50. The molecule has 1 aromatic heterocycles. The van der Waals surface area contributed by atoms with Gasteiger partial charge in [-0.05, 0) is 37.8 Å². The van der Waals surface area contributed by atoms with Crippen LogP contribution in [0.3, 0.4) is 0 Å². The summed E-state index contributed by atoms with van der Waals surface area (Å²) in [6.07, 6.45) is 4.34. The van der Waals surface area contributed by atoms with Gasteiger partial charge in [-0.25, -0.2) is 4.98 Å². The van der Waals surface area contributed by atoms with Gasteiger partial charge >= 0.3 is 0 Å². The van der Waals surface area contributed by atoms with Crippen molar-refractivity contribution in [3.63, 3.8) is 0 Å². The molecule has 17 heavy (non-hydrogen) atoms. The van der Waals surface area contributed by atoms with E-state index in [2.05, 4.69) is 16.6 Å². The summed E-state index contributed by atoms with van der Waals surface area (Å²) < 4.78 is 0. The Balaban J connectivity index is 2.45. The number of rotatable bonds is 7. The molecule has 0 aliphatic heterocycles. The zero-order chi connectivity index (χ0) is 12.7. The van der Waals surface area contributed by atoms with Crippen LogP contribution in [-0.4, -0.2) is 28.5 Å². The number of hydrogen-bond acceptors (Lipinski definition) is 5. The van der Waals surface area contributed by atoms with Crippen molar-refractivity contribution in [1.82, 2.24) is 4.98 Å². The molecule has 0 spiro atoms. The molecule has 5 nitrogen and oxygen atoms in total. The van der Waals surface area contributed by atoms with Gasteiger partial charge in [-0.2, -0.15) is 11.8 Å². The fraction of sp³-hybridized carbons (Fsp3) is 0.545. The van der Waals surface area contributed by atoms with Gasteiger partial charge < -0.3 is 5.32 Å². The highest BCUT2D eigenvalue weighted by Crippen LogP contribution is 2.17.